The third kappa shape index (κ3) is 4.15. The molecule has 0 radical (unpaired) electrons. The maximum atomic E-state index is 14.1. The number of likely N-dealkylation sites (N-methyl/N-ethyl adjacent to an activating group) is 1. The number of hydrogen-bond donors (Lipinski definition) is 1. The summed E-state index contributed by atoms with van der Waals surface area (Å²) in [7, 11) is -2.28. The van der Waals surface area contributed by atoms with Gasteiger partial charge in [-0.2, -0.15) is 4.31 Å². The minimum atomic E-state index is -3.74. The Hall–Kier alpha value is -3.54. The second kappa shape index (κ2) is 10.8. The average Bonchev–Trinajstić information content (AvgIpc) is 3.17. The normalized spacial score (nSPS) is 23.2. The highest BCUT2D eigenvalue weighted by Gasteiger charge is 2.66. The van der Waals surface area contributed by atoms with Crippen LogP contribution in [-0.2, 0) is 34.7 Å². The van der Waals surface area contributed by atoms with Gasteiger partial charge in [-0.15, -0.1) is 0 Å². The maximum absolute atomic E-state index is 14.1. The van der Waals surface area contributed by atoms with Crippen LogP contribution in [0.5, 0.6) is 0 Å². The van der Waals surface area contributed by atoms with E-state index >= 15 is 0 Å². The van der Waals surface area contributed by atoms with Gasteiger partial charge in [-0.1, -0.05) is 31.0 Å². The van der Waals surface area contributed by atoms with Crippen LogP contribution in [0.2, 0.25) is 0 Å². The summed E-state index contributed by atoms with van der Waals surface area (Å²) in [4.78, 5) is 43.8. The lowest BCUT2D eigenvalue weighted by Gasteiger charge is -2.34. The first-order valence-electron chi connectivity index (χ1n) is 13.5. The zero-order valence-corrected chi connectivity index (χ0v) is 23.4. The number of ether oxygens (including phenoxy) is 1. The predicted molar refractivity (Wildman–Crippen MR) is 148 cm³/mol. The van der Waals surface area contributed by atoms with E-state index in [0.717, 1.165) is 25.7 Å². The van der Waals surface area contributed by atoms with Gasteiger partial charge in [0.2, 0.25) is 10.0 Å². The summed E-state index contributed by atoms with van der Waals surface area (Å²) in [5, 5.41) is 11.6. The number of carbonyl (C=O) groups excluding carboxylic acids is 3. The maximum Gasteiger partial charge on any atom is 0.296 e. The van der Waals surface area contributed by atoms with E-state index in [1.54, 1.807) is 31.2 Å². The minimum absolute atomic E-state index is 0.0531. The minimum Gasteiger partial charge on any atom is -0.507 e. The molecule has 0 aliphatic carbocycles. The molecule has 2 fully saturated rings. The number of carbonyl (C=O) groups is 3. The quantitative estimate of drug-likeness (QED) is 0.310. The van der Waals surface area contributed by atoms with Crippen LogP contribution in [0.4, 0.5) is 5.69 Å². The number of nitrogens with zero attached hydrogens (tertiary/aromatic N) is 3. The van der Waals surface area contributed by atoms with Crippen LogP contribution in [0.15, 0.2) is 59.0 Å². The summed E-state index contributed by atoms with van der Waals surface area (Å²) >= 11 is 0. The second-order valence-electron chi connectivity index (χ2n) is 10.1. The monoisotopic (exact) mass is 567 g/mol. The van der Waals surface area contributed by atoms with E-state index < -0.39 is 38.9 Å². The Morgan fingerprint density at radius 1 is 0.975 bits per heavy atom. The molecular weight excluding hydrogens is 534 g/mol. The number of sulfonamides is 1. The molecule has 1 unspecified atom stereocenters. The number of aliphatic hydroxyl groups excluding tert-OH is 1. The first-order chi connectivity index (χ1) is 19.2. The topological polar surface area (TPSA) is 125 Å². The molecule has 212 valence electrons. The molecule has 3 aliphatic rings. The third-order valence-electron chi connectivity index (χ3n) is 7.98. The van der Waals surface area contributed by atoms with Crippen molar-refractivity contribution in [3.8, 4) is 0 Å². The predicted octanol–water partition coefficient (Wildman–Crippen LogP) is 2.84. The molecule has 3 heterocycles. The SMILES string of the molecule is CCN1C(=O)C2(/C(=C(/O)c3ccc(S(=O)(=O)N4CCCCCC4)cc3)C(=O)C(=O)N2CCOC)c2ccccc21. The first kappa shape index (κ1) is 28.0. The Balaban J connectivity index is 1.65. The number of ketones is 1. The highest BCUT2D eigenvalue weighted by Crippen LogP contribution is 2.53. The summed E-state index contributed by atoms with van der Waals surface area (Å²) in [6.45, 7) is 2.99. The van der Waals surface area contributed by atoms with Gasteiger partial charge in [-0.25, -0.2) is 8.42 Å². The van der Waals surface area contributed by atoms with Crippen LogP contribution in [0.3, 0.4) is 0 Å². The van der Waals surface area contributed by atoms with Gasteiger partial charge in [-0.05, 0) is 50.1 Å². The lowest BCUT2D eigenvalue weighted by Crippen LogP contribution is -2.52. The number of rotatable bonds is 7. The lowest BCUT2D eigenvalue weighted by atomic mass is 9.82. The summed E-state index contributed by atoms with van der Waals surface area (Å²) in [5.41, 5.74) is -1.13. The molecule has 10 nitrogen and oxygen atoms in total. The summed E-state index contributed by atoms with van der Waals surface area (Å²) < 4.78 is 33.2. The van der Waals surface area contributed by atoms with E-state index in [0.29, 0.717) is 24.3 Å². The highest BCUT2D eigenvalue weighted by atomic mass is 32.2. The summed E-state index contributed by atoms with van der Waals surface area (Å²) in [6, 6.07) is 12.5. The molecule has 0 aromatic heterocycles. The Morgan fingerprint density at radius 2 is 1.62 bits per heavy atom. The molecule has 2 amide bonds. The number of likely N-dealkylation sites (tertiary alicyclic amines) is 1. The van der Waals surface area contributed by atoms with Gasteiger partial charge < -0.3 is 19.6 Å². The molecule has 5 rings (SSSR count). The van der Waals surface area contributed by atoms with Crippen LogP contribution in [0.1, 0.15) is 43.7 Å². The van der Waals surface area contributed by atoms with Gasteiger partial charge in [0.05, 0.1) is 22.8 Å². The molecular formula is C29H33N3O7S. The second-order valence-corrected chi connectivity index (χ2v) is 12.1. The number of hydrogen-bond acceptors (Lipinski definition) is 7. The van der Waals surface area contributed by atoms with E-state index in [4.69, 9.17) is 4.74 Å². The molecule has 2 aromatic carbocycles. The van der Waals surface area contributed by atoms with Crippen LogP contribution in [0.25, 0.3) is 5.76 Å². The van der Waals surface area contributed by atoms with Crippen molar-refractivity contribution in [2.75, 3.05) is 44.8 Å². The van der Waals surface area contributed by atoms with Gasteiger partial charge in [0.1, 0.15) is 5.76 Å². The molecule has 11 heteroatoms. The summed E-state index contributed by atoms with van der Waals surface area (Å²) in [6.07, 6.45) is 3.57. The molecule has 2 aromatic rings. The number of para-hydroxylation sites is 1. The van der Waals surface area contributed by atoms with Gasteiger partial charge in [0.15, 0.2) is 5.54 Å². The highest BCUT2D eigenvalue weighted by molar-refractivity contribution is 7.89. The van der Waals surface area contributed by atoms with Crippen molar-refractivity contribution in [3.63, 3.8) is 0 Å². The van der Waals surface area contributed by atoms with Crippen LogP contribution in [0, 0.1) is 0 Å². The molecule has 1 spiro atoms. The zero-order valence-electron chi connectivity index (χ0n) is 22.6. The van der Waals surface area contributed by atoms with E-state index in [2.05, 4.69) is 0 Å². The summed E-state index contributed by atoms with van der Waals surface area (Å²) in [5.74, 6) is -2.97. The standard InChI is InChI=1S/C29H33N3O7S/c1-3-31-23-11-7-6-10-22(23)29(28(31)36)24(26(34)27(35)32(29)18-19-39-2)25(33)20-12-14-21(15-13-20)40(37,38)30-16-8-4-5-9-17-30/h6-7,10-15,33H,3-5,8-9,16-19H2,1-2H3/b25-24+. The van der Waals surface area contributed by atoms with Crippen molar-refractivity contribution >= 4 is 39.1 Å². The van der Waals surface area contributed by atoms with Gasteiger partial charge in [0, 0.05) is 44.4 Å². The molecule has 1 N–H and O–H groups in total. The average molecular weight is 568 g/mol. The Labute approximate surface area is 233 Å². The zero-order chi connectivity index (χ0) is 28.7. The van der Waals surface area contributed by atoms with Gasteiger partial charge >= 0.3 is 0 Å². The Morgan fingerprint density at radius 3 is 2.25 bits per heavy atom. The van der Waals surface area contributed by atoms with Crippen molar-refractivity contribution in [1.82, 2.24) is 9.21 Å². The van der Waals surface area contributed by atoms with E-state index in [9.17, 15) is 27.9 Å². The fourth-order valence-electron chi connectivity index (χ4n) is 6.02. The molecule has 1 atom stereocenters. The number of fused-ring (bicyclic) bond motifs is 2. The van der Waals surface area contributed by atoms with Crippen molar-refractivity contribution in [1.29, 1.82) is 0 Å². The number of anilines is 1. The first-order valence-corrected chi connectivity index (χ1v) is 15.0. The van der Waals surface area contributed by atoms with E-state index in [-0.39, 0.29) is 35.7 Å². The number of aliphatic hydroxyl groups is 1. The molecule has 40 heavy (non-hydrogen) atoms. The van der Waals surface area contributed by atoms with E-state index in [1.165, 1.54) is 45.5 Å². The fraction of sp³-hybridized carbons (Fsp3) is 0.414. The van der Waals surface area contributed by atoms with Gasteiger partial charge in [-0.3, -0.25) is 14.4 Å². The van der Waals surface area contributed by atoms with Crippen molar-refractivity contribution in [2.45, 2.75) is 43.0 Å². The largest absolute Gasteiger partial charge is 0.507 e. The number of benzene rings is 2. The fourth-order valence-corrected chi connectivity index (χ4v) is 7.54. The molecule has 0 bridgehead atoms. The smallest absolute Gasteiger partial charge is 0.296 e. The van der Waals surface area contributed by atoms with Gasteiger partial charge in [0.25, 0.3) is 17.6 Å². The van der Waals surface area contributed by atoms with Crippen molar-refractivity contribution in [3.05, 3.63) is 65.2 Å². The lowest BCUT2D eigenvalue weighted by molar-refractivity contribution is -0.144. The molecule has 2 saturated heterocycles. The van der Waals surface area contributed by atoms with Crippen LogP contribution in [-0.4, -0.2) is 80.2 Å². The van der Waals surface area contributed by atoms with E-state index in [1.807, 2.05) is 0 Å². The number of Topliss-reactive ketones (excluding diaryl/α,β-unsaturated/α-hetero) is 1. The van der Waals surface area contributed by atoms with Crippen LogP contribution >= 0.6 is 0 Å². The number of amides is 2. The third-order valence-corrected chi connectivity index (χ3v) is 9.89. The molecule has 0 saturated carbocycles. The van der Waals surface area contributed by atoms with Crippen LogP contribution < -0.4 is 4.90 Å². The number of methoxy groups -OCH3 is 1. The van der Waals surface area contributed by atoms with Crippen molar-refractivity contribution in [2.24, 2.45) is 0 Å². The van der Waals surface area contributed by atoms with Crippen molar-refractivity contribution < 1.29 is 32.6 Å². The molecule has 3 aliphatic heterocycles. The Kier molecular flexibility index (Phi) is 7.56. The Bertz CT molecular complexity index is 1480.